The van der Waals surface area contributed by atoms with E-state index in [0.29, 0.717) is 30.8 Å². The molecule has 0 saturated carbocycles. The number of benzene rings is 1. The normalized spacial score (nSPS) is 18.5. The lowest BCUT2D eigenvalue weighted by Gasteiger charge is -2.41. The molecule has 1 aliphatic heterocycles. The van der Waals surface area contributed by atoms with Crippen LogP contribution in [0, 0.1) is 6.92 Å². The maximum atomic E-state index is 13.4. The van der Waals surface area contributed by atoms with E-state index in [1.54, 1.807) is 24.2 Å². The van der Waals surface area contributed by atoms with Crippen molar-refractivity contribution in [1.82, 2.24) is 20.2 Å². The third-order valence-electron chi connectivity index (χ3n) is 5.58. The van der Waals surface area contributed by atoms with Crippen LogP contribution < -0.4 is 10.6 Å². The second kappa shape index (κ2) is 8.85. The fourth-order valence-corrected chi connectivity index (χ4v) is 4.78. The van der Waals surface area contributed by atoms with Gasteiger partial charge in [0.05, 0.1) is 11.4 Å². The molecule has 160 valence electrons. The van der Waals surface area contributed by atoms with Crippen LogP contribution in [0.3, 0.4) is 0 Å². The van der Waals surface area contributed by atoms with Crippen molar-refractivity contribution >= 4 is 34.0 Å². The van der Waals surface area contributed by atoms with E-state index in [1.165, 1.54) is 11.3 Å². The van der Waals surface area contributed by atoms with Crippen molar-refractivity contribution in [3.63, 3.8) is 0 Å². The van der Waals surface area contributed by atoms with Gasteiger partial charge in [-0.25, -0.2) is 4.98 Å². The summed E-state index contributed by atoms with van der Waals surface area (Å²) in [5, 5.41) is 8.79. The van der Waals surface area contributed by atoms with Crippen LogP contribution in [-0.4, -0.2) is 46.8 Å². The van der Waals surface area contributed by atoms with E-state index in [0.717, 1.165) is 22.9 Å². The minimum absolute atomic E-state index is 0.0946. The number of likely N-dealkylation sites (tertiary alicyclic amines) is 1. The molecule has 0 radical (unpaired) electrons. The predicted molar refractivity (Wildman–Crippen MR) is 122 cm³/mol. The van der Waals surface area contributed by atoms with E-state index >= 15 is 0 Å². The summed E-state index contributed by atoms with van der Waals surface area (Å²) in [4.78, 5) is 37.0. The quantitative estimate of drug-likeness (QED) is 0.640. The molecule has 3 aromatic rings. The van der Waals surface area contributed by atoms with Gasteiger partial charge in [-0.05, 0) is 50.1 Å². The second-order valence-electron chi connectivity index (χ2n) is 7.71. The molecule has 0 aliphatic carbocycles. The molecule has 1 aliphatic rings. The van der Waals surface area contributed by atoms with Gasteiger partial charge in [0, 0.05) is 43.0 Å². The van der Waals surface area contributed by atoms with Crippen LogP contribution in [0.2, 0.25) is 0 Å². The largest absolute Gasteiger partial charge is 0.358 e. The van der Waals surface area contributed by atoms with Gasteiger partial charge in [0.2, 0.25) is 5.91 Å². The van der Waals surface area contributed by atoms with Gasteiger partial charge in [-0.1, -0.05) is 12.1 Å². The minimum atomic E-state index is -0.849. The van der Waals surface area contributed by atoms with E-state index in [9.17, 15) is 9.59 Å². The number of nitrogens with one attached hydrogen (secondary N) is 2. The van der Waals surface area contributed by atoms with Crippen LogP contribution in [0.15, 0.2) is 54.0 Å². The van der Waals surface area contributed by atoms with Crippen LogP contribution in [0.1, 0.15) is 34.6 Å². The monoisotopic (exact) mass is 435 g/mol. The van der Waals surface area contributed by atoms with Crippen molar-refractivity contribution in [2.24, 2.45) is 0 Å². The van der Waals surface area contributed by atoms with Crippen molar-refractivity contribution in [3.8, 4) is 0 Å². The molecule has 1 fully saturated rings. The van der Waals surface area contributed by atoms with E-state index in [2.05, 4.69) is 20.6 Å². The molecule has 8 heteroatoms. The number of aryl methyl sites for hydroxylation is 1. The smallest absolute Gasteiger partial charge is 0.253 e. The average molecular weight is 436 g/mol. The lowest BCUT2D eigenvalue weighted by molar-refractivity contribution is -0.128. The van der Waals surface area contributed by atoms with Gasteiger partial charge in [-0.2, -0.15) is 0 Å². The number of carbonyl (C=O) groups excluding carboxylic acids is 2. The molecule has 4 rings (SSSR count). The Morgan fingerprint density at radius 3 is 2.77 bits per heavy atom. The first-order valence-corrected chi connectivity index (χ1v) is 11.1. The molecule has 0 spiro atoms. The lowest BCUT2D eigenvalue weighted by atomic mass is 9.75. The highest BCUT2D eigenvalue weighted by Crippen LogP contribution is 2.34. The molecule has 2 aromatic heterocycles. The van der Waals surface area contributed by atoms with Crippen LogP contribution in [-0.2, 0) is 10.2 Å². The number of nitrogens with zero attached hydrogens (tertiary/aromatic N) is 3. The predicted octanol–water partition coefficient (Wildman–Crippen LogP) is 3.51. The zero-order chi connectivity index (χ0) is 21.8. The zero-order valence-electron chi connectivity index (χ0n) is 17.6. The van der Waals surface area contributed by atoms with Crippen molar-refractivity contribution < 1.29 is 9.59 Å². The molecule has 7 nitrogen and oxygen atoms in total. The zero-order valence-corrected chi connectivity index (χ0v) is 18.4. The van der Waals surface area contributed by atoms with Crippen molar-refractivity contribution in [3.05, 3.63) is 71.0 Å². The maximum Gasteiger partial charge on any atom is 0.253 e. The summed E-state index contributed by atoms with van der Waals surface area (Å²) in [5.41, 5.74) is 2.18. The number of amides is 2. The Morgan fingerprint density at radius 1 is 1.19 bits per heavy atom. The van der Waals surface area contributed by atoms with E-state index in [-0.39, 0.29) is 11.8 Å². The van der Waals surface area contributed by atoms with E-state index in [1.807, 2.05) is 48.7 Å². The fourth-order valence-electron chi connectivity index (χ4n) is 4.07. The van der Waals surface area contributed by atoms with Gasteiger partial charge >= 0.3 is 0 Å². The van der Waals surface area contributed by atoms with E-state index in [4.69, 9.17) is 0 Å². The molecule has 3 heterocycles. The molecular formula is C23H25N5O2S. The summed E-state index contributed by atoms with van der Waals surface area (Å²) < 4.78 is 0. The standard InChI is InChI=1S/C23H25N5O2S/c1-16-14-31-22(26-16)27-18-8-5-7-17(13-18)20(29)28-12-6-10-23(15-28,21(30)24-2)19-9-3-4-11-25-19/h3-5,7-9,11,13-14H,6,10,12,15H2,1-2H3,(H,24,30)(H,26,27). The highest BCUT2D eigenvalue weighted by atomic mass is 32.1. The minimum Gasteiger partial charge on any atom is -0.358 e. The third kappa shape index (κ3) is 4.29. The second-order valence-corrected chi connectivity index (χ2v) is 8.56. The molecule has 1 saturated heterocycles. The molecule has 2 N–H and O–H groups in total. The number of aromatic nitrogens is 2. The molecular weight excluding hydrogens is 410 g/mol. The maximum absolute atomic E-state index is 13.4. The SMILES string of the molecule is CNC(=O)C1(c2ccccn2)CCCN(C(=O)c2cccc(Nc3nc(C)cs3)c2)C1. The Morgan fingerprint density at radius 2 is 2.06 bits per heavy atom. The van der Waals surface area contributed by atoms with Crippen LogP contribution in [0.4, 0.5) is 10.8 Å². The summed E-state index contributed by atoms with van der Waals surface area (Å²) in [5.74, 6) is -0.207. The summed E-state index contributed by atoms with van der Waals surface area (Å²) >= 11 is 1.52. The van der Waals surface area contributed by atoms with Crippen molar-refractivity contribution in [2.75, 3.05) is 25.5 Å². The van der Waals surface area contributed by atoms with Crippen molar-refractivity contribution in [2.45, 2.75) is 25.2 Å². The van der Waals surface area contributed by atoms with Crippen LogP contribution in [0.25, 0.3) is 0 Å². The highest BCUT2D eigenvalue weighted by molar-refractivity contribution is 7.13. The Labute approximate surface area is 185 Å². The van der Waals surface area contributed by atoms with E-state index < -0.39 is 5.41 Å². The number of hydrogen-bond donors (Lipinski definition) is 2. The Bertz CT molecular complexity index is 1080. The first-order chi connectivity index (χ1) is 15.0. The number of hydrogen-bond acceptors (Lipinski definition) is 6. The molecule has 2 amide bonds. The average Bonchev–Trinajstić information content (AvgIpc) is 3.23. The molecule has 1 aromatic carbocycles. The number of anilines is 2. The number of pyridine rings is 1. The summed E-state index contributed by atoms with van der Waals surface area (Å²) in [6.07, 6.45) is 3.07. The molecule has 0 bridgehead atoms. The molecule has 31 heavy (non-hydrogen) atoms. The van der Waals surface area contributed by atoms with Crippen LogP contribution >= 0.6 is 11.3 Å². The van der Waals surface area contributed by atoms with Gasteiger partial charge < -0.3 is 15.5 Å². The van der Waals surface area contributed by atoms with Gasteiger partial charge in [0.25, 0.3) is 5.91 Å². The molecule has 1 unspecified atom stereocenters. The summed E-state index contributed by atoms with van der Waals surface area (Å²) in [7, 11) is 1.63. The lowest BCUT2D eigenvalue weighted by Crippen LogP contribution is -2.56. The van der Waals surface area contributed by atoms with Gasteiger partial charge in [-0.15, -0.1) is 11.3 Å². The summed E-state index contributed by atoms with van der Waals surface area (Å²) in [6.45, 7) is 2.85. The topological polar surface area (TPSA) is 87.2 Å². The molecule has 1 atom stereocenters. The third-order valence-corrected chi connectivity index (χ3v) is 6.45. The Balaban J connectivity index is 1.58. The highest BCUT2D eigenvalue weighted by Gasteiger charge is 2.45. The number of likely N-dealkylation sites (N-methyl/N-ethyl adjacent to an activating group) is 1. The Hall–Kier alpha value is -3.26. The van der Waals surface area contributed by atoms with Gasteiger partial charge in [0.1, 0.15) is 5.41 Å². The van der Waals surface area contributed by atoms with Gasteiger partial charge in [-0.3, -0.25) is 14.6 Å². The van der Waals surface area contributed by atoms with Gasteiger partial charge in [0.15, 0.2) is 5.13 Å². The summed E-state index contributed by atoms with van der Waals surface area (Å²) in [6, 6.07) is 13.0. The fraction of sp³-hybridized carbons (Fsp3) is 0.304. The number of carbonyl (C=O) groups is 2. The number of piperidine rings is 1. The number of rotatable bonds is 5. The van der Waals surface area contributed by atoms with Crippen LogP contribution in [0.5, 0.6) is 0 Å². The Kier molecular flexibility index (Phi) is 5.99. The number of thiazole rings is 1. The first kappa shape index (κ1) is 21.0. The van der Waals surface area contributed by atoms with Crippen molar-refractivity contribution in [1.29, 1.82) is 0 Å². The first-order valence-electron chi connectivity index (χ1n) is 10.2.